The van der Waals surface area contributed by atoms with Crippen molar-refractivity contribution >= 4 is 45.3 Å². The minimum atomic E-state index is -0.675. The summed E-state index contributed by atoms with van der Waals surface area (Å²) in [5.41, 5.74) is 1.72. The van der Waals surface area contributed by atoms with Gasteiger partial charge in [0, 0.05) is 6.08 Å². The van der Waals surface area contributed by atoms with Gasteiger partial charge in [0.25, 0.3) is 5.91 Å². The van der Waals surface area contributed by atoms with Crippen LogP contribution in [-0.4, -0.2) is 33.2 Å². The summed E-state index contributed by atoms with van der Waals surface area (Å²) in [5.74, 6) is -1.05. The van der Waals surface area contributed by atoms with Gasteiger partial charge in [0.05, 0.1) is 22.1 Å². The van der Waals surface area contributed by atoms with E-state index in [1.54, 1.807) is 18.2 Å². The molecule has 4 aromatic rings. The van der Waals surface area contributed by atoms with Crippen LogP contribution in [0.1, 0.15) is 10.6 Å². The lowest BCUT2D eigenvalue weighted by atomic mass is 10.3. The van der Waals surface area contributed by atoms with Crippen LogP contribution in [0.4, 0.5) is 5.82 Å². The molecule has 0 radical (unpaired) electrons. The van der Waals surface area contributed by atoms with Crippen molar-refractivity contribution < 1.29 is 14.3 Å². The first kappa shape index (κ1) is 20.0. The number of anilines is 1. The largest absolute Gasteiger partial charge is 0.452 e. The number of hydrogen-bond acceptors (Lipinski definition) is 7. The number of nitriles is 1. The van der Waals surface area contributed by atoms with Gasteiger partial charge < -0.3 is 10.1 Å². The molecule has 0 saturated carbocycles. The molecule has 0 aliphatic heterocycles. The number of esters is 1. The van der Waals surface area contributed by atoms with E-state index < -0.39 is 18.5 Å². The van der Waals surface area contributed by atoms with Crippen LogP contribution in [0.15, 0.2) is 66.9 Å². The molecule has 0 fully saturated rings. The molecule has 0 aliphatic rings. The lowest BCUT2D eigenvalue weighted by Gasteiger charge is -2.09. The van der Waals surface area contributed by atoms with Crippen LogP contribution in [0.3, 0.4) is 0 Å². The van der Waals surface area contributed by atoms with Gasteiger partial charge in [-0.25, -0.2) is 14.5 Å². The second-order valence-corrected chi connectivity index (χ2v) is 7.34. The molecule has 8 nitrogen and oxygen atoms in total. The normalized spacial score (nSPS) is 10.8. The molecule has 2 heterocycles. The Morgan fingerprint density at radius 3 is 2.71 bits per heavy atom. The van der Waals surface area contributed by atoms with E-state index in [0.29, 0.717) is 10.7 Å². The van der Waals surface area contributed by atoms with E-state index >= 15 is 0 Å². The fraction of sp³-hybridized carbons (Fsp3) is 0.0455. The first-order chi connectivity index (χ1) is 15.1. The summed E-state index contributed by atoms with van der Waals surface area (Å²) in [6.07, 6.45) is 4.12. The third-order valence-corrected chi connectivity index (χ3v) is 5.17. The van der Waals surface area contributed by atoms with Crippen LogP contribution in [0, 0.1) is 11.3 Å². The molecule has 152 valence electrons. The molecule has 0 spiro atoms. The van der Waals surface area contributed by atoms with Crippen molar-refractivity contribution in [1.29, 1.82) is 5.26 Å². The number of thiazole rings is 1. The molecule has 0 saturated heterocycles. The Bertz CT molecular complexity index is 1280. The number of rotatable bonds is 6. The first-order valence-corrected chi connectivity index (χ1v) is 9.99. The van der Waals surface area contributed by atoms with Crippen LogP contribution in [0.5, 0.6) is 0 Å². The van der Waals surface area contributed by atoms with E-state index in [9.17, 15) is 14.9 Å². The van der Waals surface area contributed by atoms with Crippen molar-refractivity contribution in [2.24, 2.45) is 0 Å². The fourth-order valence-electron chi connectivity index (χ4n) is 2.77. The van der Waals surface area contributed by atoms with Crippen molar-refractivity contribution in [3.8, 4) is 11.8 Å². The quantitative estimate of drug-likeness (QED) is 0.371. The second kappa shape index (κ2) is 9.02. The summed E-state index contributed by atoms with van der Waals surface area (Å²) in [6.45, 7) is -0.506. The highest BCUT2D eigenvalue weighted by Crippen LogP contribution is 2.22. The Morgan fingerprint density at radius 1 is 1.16 bits per heavy atom. The van der Waals surface area contributed by atoms with E-state index in [2.05, 4.69) is 15.4 Å². The van der Waals surface area contributed by atoms with Crippen molar-refractivity contribution in [2.45, 2.75) is 0 Å². The number of benzene rings is 2. The van der Waals surface area contributed by atoms with Crippen LogP contribution >= 0.6 is 11.3 Å². The predicted molar refractivity (Wildman–Crippen MR) is 117 cm³/mol. The lowest BCUT2D eigenvalue weighted by molar-refractivity contribution is -0.142. The number of nitrogens with one attached hydrogen (secondary N) is 1. The van der Waals surface area contributed by atoms with Gasteiger partial charge >= 0.3 is 5.97 Å². The fourth-order valence-corrected chi connectivity index (χ4v) is 3.64. The summed E-state index contributed by atoms with van der Waals surface area (Å²) in [4.78, 5) is 28.6. The van der Waals surface area contributed by atoms with Gasteiger partial charge in [0.2, 0.25) is 0 Å². The molecular formula is C22H15N5O3S. The molecule has 2 aromatic heterocycles. The van der Waals surface area contributed by atoms with Gasteiger partial charge in [-0.05, 0) is 30.3 Å². The summed E-state index contributed by atoms with van der Waals surface area (Å²) in [7, 11) is 0. The SMILES string of the molecule is N#Cc1cnn(-c2ccccc2)c1NC(=O)COC(=O)/C=C/c1nc2ccccc2s1. The topological polar surface area (TPSA) is 110 Å². The zero-order valence-corrected chi connectivity index (χ0v) is 16.9. The van der Waals surface area contributed by atoms with Crippen molar-refractivity contribution in [1.82, 2.24) is 14.8 Å². The Morgan fingerprint density at radius 2 is 1.94 bits per heavy atom. The summed E-state index contributed by atoms with van der Waals surface area (Å²) in [5, 5.41) is 16.7. The predicted octanol–water partition coefficient (Wildman–Crippen LogP) is 3.55. The van der Waals surface area contributed by atoms with Gasteiger partial charge in [-0.15, -0.1) is 11.3 Å². The number of aromatic nitrogens is 3. The number of nitrogens with zero attached hydrogens (tertiary/aromatic N) is 4. The minimum Gasteiger partial charge on any atom is -0.452 e. The highest BCUT2D eigenvalue weighted by molar-refractivity contribution is 7.19. The molecule has 0 aliphatic carbocycles. The lowest BCUT2D eigenvalue weighted by Crippen LogP contribution is -2.22. The smallest absolute Gasteiger partial charge is 0.331 e. The Kier molecular flexibility index (Phi) is 5.82. The molecule has 0 atom stereocenters. The van der Waals surface area contributed by atoms with Crippen LogP contribution < -0.4 is 5.32 Å². The molecule has 0 unspecified atom stereocenters. The third-order valence-electron chi connectivity index (χ3n) is 4.17. The van der Waals surface area contributed by atoms with E-state index in [-0.39, 0.29) is 11.4 Å². The average molecular weight is 429 g/mol. The van der Waals surface area contributed by atoms with E-state index in [1.165, 1.54) is 28.3 Å². The number of ether oxygens (including phenoxy) is 1. The number of hydrogen-bond donors (Lipinski definition) is 1. The summed E-state index contributed by atoms with van der Waals surface area (Å²) >= 11 is 1.44. The average Bonchev–Trinajstić information content (AvgIpc) is 3.40. The maximum Gasteiger partial charge on any atom is 0.331 e. The van der Waals surface area contributed by atoms with Gasteiger partial charge in [0.15, 0.2) is 12.4 Å². The summed E-state index contributed by atoms with van der Waals surface area (Å²) < 4.78 is 7.44. The van der Waals surface area contributed by atoms with Gasteiger partial charge in [-0.1, -0.05) is 30.3 Å². The molecule has 1 N–H and O–H groups in total. The highest BCUT2D eigenvalue weighted by atomic mass is 32.1. The molecule has 31 heavy (non-hydrogen) atoms. The zero-order chi connectivity index (χ0) is 21.6. The molecular weight excluding hydrogens is 414 g/mol. The Hall–Kier alpha value is -4.29. The van der Waals surface area contributed by atoms with Gasteiger partial charge in [0.1, 0.15) is 16.6 Å². The van der Waals surface area contributed by atoms with Crippen molar-refractivity contribution in [3.05, 3.63) is 77.4 Å². The molecule has 4 rings (SSSR count). The first-order valence-electron chi connectivity index (χ1n) is 9.18. The standard InChI is InChI=1S/C22H15N5O3S/c23-12-15-13-24-27(16-6-2-1-3-7-16)22(15)26-19(28)14-30-21(29)11-10-20-25-17-8-4-5-9-18(17)31-20/h1-11,13H,14H2,(H,26,28)/b11-10+. The van der Waals surface area contributed by atoms with Crippen LogP contribution in [0.25, 0.3) is 22.0 Å². The van der Waals surface area contributed by atoms with Gasteiger partial charge in [-0.3, -0.25) is 4.79 Å². The van der Waals surface area contributed by atoms with Crippen LogP contribution in [-0.2, 0) is 14.3 Å². The maximum absolute atomic E-state index is 12.3. The second-order valence-electron chi connectivity index (χ2n) is 6.28. The van der Waals surface area contributed by atoms with Gasteiger partial charge in [-0.2, -0.15) is 10.4 Å². The highest BCUT2D eigenvalue weighted by Gasteiger charge is 2.16. The number of amides is 1. The Labute approximate surface area is 181 Å². The molecule has 1 amide bonds. The zero-order valence-electron chi connectivity index (χ0n) is 16.1. The maximum atomic E-state index is 12.3. The number of para-hydroxylation sites is 2. The van der Waals surface area contributed by atoms with Crippen LogP contribution in [0.2, 0.25) is 0 Å². The Balaban J connectivity index is 1.38. The summed E-state index contributed by atoms with van der Waals surface area (Å²) in [6, 6.07) is 18.7. The van der Waals surface area contributed by atoms with E-state index in [1.807, 2.05) is 48.5 Å². The van der Waals surface area contributed by atoms with Crippen molar-refractivity contribution in [2.75, 3.05) is 11.9 Å². The third kappa shape index (κ3) is 4.66. The number of fused-ring (bicyclic) bond motifs is 1. The number of carbonyl (C=O) groups is 2. The van der Waals surface area contributed by atoms with E-state index in [4.69, 9.17) is 4.74 Å². The number of carbonyl (C=O) groups excluding carboxylic acids is 2. The monoisotopic (exact) mass is 429 g/mol. The molecule has 0 bridgehead atoms. The minimum absolute atomic E-state index is 0.194. The van der Waals surface area contributed by atoms with E-state index in [0.717, 1.165) is 10.2 Å². The van der Waals surface area contributed by atoms with Crippen molar-refractivity contribution in [3.63, 3.8) is 0 Å². The molecule has 2 aromatic carbocycles. The molecule has 9 heteroatoms.